The molecule has 0 radical (unpaired) electrons. The topological polar surface area (TPSA) is 226 Å². The van der Waals surface area contributed by atoms with Gasteiger partial charge in [0.05, 0.1) is 31.3 Å². The summed E-state index contributed by atoms with van der Waals surface area (Å²) >= 11 is 0. The summed E-state index contributed by atoms with van der Waals surface area (Å²) in [7, 11) is -5.13. The number of nitrogens with one attached hydrogen (secondary N) is 1. The summed E-state index contributed by atoms with van der Waals surface area (Å²) in [5.41, 5.74) is 0. The third-order valence-corrected chi connectivity index (χ3v) is 11.0. The molecule has 0 spiro atoms. The molecule has 9 N–H and O–H groups in total. The number of aliphatic hydroxyl groups is 7. The van der Waals surface area contributed by atoms with E-state index in [0.29, 0.717) is 12.8 Å². The number of hydrogen-bond donors (Lipinski definition) is 9. The Morgan fingerprint density at radius 3 is 1.64 bits per heavy atom. The van der Waals surface area contributed by atoms with E-state index in [2.05, 4.69) is 43.5 Å². The molecule has 0 aromatic carbocycles. The van der Waals surface area contributed by atoms with E-state index in [1.807, 2.05) is 0 Å². The number of amides is 1. The van der Waals surface area contributed by atoms with Crippen molar-refractivity contribution in [1.29, 1.82) is 0 Å². The van der Waals surface area contributed by atoms with Gasteiger partial charge >= 0.3 is 7.82 Å². The number of carbonyl (C=O) groups excluding carboxylic acids is 1. The molecule has 1 aliphatic rings. The van der Waals surface area contributed by atoms with E-state index >= 15 is 0 Å². The highest BCUT2D eigenvalue weighted by atomic mass is 31.2. The average Bonchev–Trinajstić information content (AvgIpc) is 3.15. The first-order valence-electron chi connectivity index (χ1n) is 21.0. The van der Waals surface area contributed by atoms with Crippen LogP contribution in [-0.2, 0) is 18.4 Å². The molecule has 55 heavy (non-hydrogen) atoms. The monoisotopic (exact) mass is 806 g/mol. The van der Waals surface area contributed by atoms with E-state index in [-0.39, 0.29) is 6.42 Å². The molecule has 322 valence electrons. The lowest BCUT2D eigenvalue weighted by Gasteiger charge is -2.41. The summed E-state index contributed by atoms with van der Waals surface area (Å²) in [4.78, 5) is 23.3. The predicted octanol–water partition coefficient (Wildman–Crippen LogP) is 5.80. The van der Waals surface area contributed by atoms with Gasteiger partial charge in [0.2, 0.25) is 5.91 Å². The van der Waals surface area contributed by atoms with Crippen LogP contribution in [-0.4, -0.2) is 108 Å². The Kier molecular flexibility index (Phi) is 29.5. The van der Waals surface area contributed by atoms with Gasteiger partial charge in [-0.2, -0.15) is 0 Å². The van der Waals surface area contributed by atoms with Crippen LogP contribution in [0.15, 0.2) is 36.5 Å². The van der Waals surface area contributed by atoms with Gasteiger partial charge in [-0.05, 0) is 44.9 Å². The van der Waals surface area contributed by atoms with E-state index in [4.69, 9.17) is 9.05 Å². The van der Waals surface area contributed by atoms with Gasteiger partial charge in [-0.15, -0.1) is 0 Å². The number of phosphoric acid groups is 1. The summed E-state index contributed by atoms with van der Waals surface area (Å²) in [6.45, 7) is 3.62. The van der Waals surface area contributed by atoms with Gasteiger partial charge in [0.15, 0.2) is 0 Å². The van der Waals surface area contributed by atoms with E-state index in [0.717, 1.165) is 70.6 Å². The van der Waals surface area contributed by atoms with Gasteiger partial charge in [-0.25, -0.2) is 4.57 Å². The van der Waals surface area contributed by atoms with Crippen molar-refractivity contribution < 1.29 is 59.0 Å². The molecule has 1 amide bonds. The molecule has 8 atom stereocenters. The lowest BCUT2D eigenvalue weighted by molar-refractivity contribution is -0.220. The fourth-order valence-corrected chi connectivity index (χ4v) is 7.43. The minimum Gasteiger partial charge on any atom is -0.393 e. The fraction of sp³-hybridized carbons (Fsp3) is 0.829. The zero-order valence-electron chi connectivity index (χ0n) is 33.6. The predicted molar refractivity (Wildman–Crippen MR) is 215 cm³/mol. The number of rotatable bonds is 33. The smallest absolute Gasteiger partial charge is 0.393 e. The van der Waals surface area contributed by atoms with E-state index in [9.17, 15) is 50.0 Å². The molecule has 1 saturated carbocycles. The second-order valence-corrected chi connectivity index (χ2v) is 16.5. The lowest BCUT2D eigenvalue weighted by Crippen LogP contribution is -2.64. The van der Waals surface area contributed by atoms with Crippen LogP contribution in [0.25, 0.3) is 0 Å². The quantitative estimate of drug-likeness (QED) is 0.0166. The van der Waals surface area contributed by atoms with E-state index in [1.165, 1.54) is 57.4 Å². The molecule has 0 bridgehead atoms. The molecule has 1 fully saturated rings. The number of hydrogen-bond acceptors (Lipinski definition) is 11. The molecule has 13 nitrogen and oxygen atoms in total. The Morgan fingerprint density at radius 1 is 0.655 bits per heavy atom. The molecule has 0 heterocycles. The molecule has 1 aliphatic carbocycles. The number of phosphoric ester groups is 1. The minimum absolute atomic E-state index is 0.250. The van der Waals surface area contributed by atoms with Crippen LogP contribution in [0, 0.1) is 0 Å². The maximum Gasteiger partial charge on any atom is 0.472 e. The number of aliphatic hydroxyl groups excluding tert-OH is 7. The van der Waals surface area contributed by atoms with E-state index < -0.39 is 75.2 Å². The van der Waals surface area contributed by atoms with E-state index in [1.54, 1.807) is 6.08 Å². The van der Waals surface area contributed by atoms with Crippen molar-refractivity contribution in [2.45, 2.75) is 210 Å². The standard InChI is InChI=1S/C41H76NO12P/c1-3-5-7-9-11-13-14-15-16-17-18-19-20-21-22-24-26-28-32(43)30-35(45)42-33(34(44)29-27-25-23-12-10-8-6-4-2)31-53-55(51,52)54-41-39(49)37(47)36(46)38(48)40(41)50/h11,13-15,27,29,32-34,36-41,43-44,46-50H,3-10,12,16-26,28,30-31H2,1-2H3,(H,42,45)(H,51,52)/b13-11-,15-14-,29-27+. The van der Waals surface area contributed by atoms with Crippen LogP contribution in [0.5, 0.6) is 0 Å². The van der Waals surface area contributed by atoms with Crippen molar-refractivity contribution in [3.63, 3.8) is 0 Å². The van der Waals surface area contributed by atoms with Crippen molar-refractivity contribution in [1.82, 2.24) is 5.32 Å². The van der Waals surface area contributed by atoms with Crippen molar-refractivity contribution >= 4 is 13.7 Å². The molecular formula is C41H76NO12P. The highest BCUT2D eigenvalue weighted by molar-refractivity contribution is 7.47. The summed E-state index contributed by atoms with van der Waals surface area (Å²) in [5.74, 6) is -0.602. The summed E-state index contributed by atoms with van der Waals surface area (Å²) < 4.78 is 22.7. The van der Waals surface area contributed by atoms with Crippen molar-refractivity contribution in [3.05, 3.63) is 36.5 Å². The van der Waals surface area contributed by atoms with Crippen LogP contribution in [0.2, 0.25) is 0 Å². The SMILES string of the molecule is CCCCC/C=C\C=C/CCCCCCCCCCC(O)CC(=O)NC(COP(=O)(O)OC1C(O)C(O)C(O)C(O)C1O)C(O)/C=C/CCCCCCCC. The molecule has 0 aliphatic heterocycles. The van der Waals surface area contributed by atoms with Crippen LogP contribution in [0.3, 0.4) is 0 Å². The van der Waals surface area contributed by atoms with Gasteiger partial charge in [0.1, 0.15) is 36.6 Å². The Morgan fingerprint density at radius 2 is 1.09 bits per heavy atom. The fourth-order valence-electron chi connectivity index (χ4n) is 6.46. The van der Waals surface area contributed by atoms with Gasteiger partial charge in [-0.1, -0.05) is 140 Å². The first-order valence-corrected chi connectivity index (χ1v) is 22.5. The van der Waals surface area contributed by atoms with Gasteiger partial charge < -0.3 is 46.0 Å². The Bertz CT molecular complexity index is 1090. The zero-order chi connectivity index (χ0) is 40.9. The van der Waals surface area contributed by atoms with Crippen molar-refractivity contribution in [3.8, 4) is 0 Å². The lowest BCUT2D eigenvalue weighted by atomic mass is 9.85. The van der Waals surface area contributed by atoms with Gasteiger partial charge in [-0.3, -0.25) is 13.8 Å². The molecular weight excluding hydrogens is 729 g/mol. The third kappa shape index (κ3) is 24.1. The molecule has 1 rings (SSSR count). The normalized spacial score (nSPS) is 24.8. The molecule has 14 heteroatoms. The molecule has 8 unspecified atom stereocenters. The Hall–Kier alpha value is -1.48. The van der Waals surface area contributed by atoms with Crippen molar-refractivity contribution in [2.24, 2.45) is 0 Å². The number of unbranched alkanes of at least 4 members (excludes halogenated alkanes) is 17. The number of carbonyl (C=O) groups is 1. The zero-order valence-corrected chi connectivity index (χ0v) is 34.5. The summed E-state index contributed by atoms with van der Waals surface area (Å²) in [6.07, 6.45) is 19.8. The highest BCUT2D eigenvalue weighted by Crippen LogP contribution is 2.47. The van der Waals surface area contributed by atoms with Crippen LogP contribution >= 0.6 is 7.82 Å². The molecule has 0 saturated heterocycles. The van der Waals surface area contributed by atoms with Crippen LogP contribution in [0.4, 0.5) is 0 Å². The van der Waals surface area contributed by atoms with Crippen LogP contribution in [0.1, 0.15) is 155 Å². The maximum atomic E-state index is 12.9. The summed E-state index contributed by atoms with van der Waals surface area (Å²) in [5, 5.41) is 74.0. The molecule has 0 aromatic heterocycles. The second-order valence-electron chi connectivity index (χ2n) is 15.1. The third-order valence-electron chi connectivity index (χ3n) is 10.00. The first-order chi connectivity index (χ1) is 26.3. The Balaban J connectivity index is 2.52. The number of allylic oxidation sites excluding steroid dienone is 5. The maximum absolute atomic E-state index is 12.9. The highest BCUT2D eigenvalue weighted by Gasteiger charge is 2.51. The van der Waals surface area contributed by atoms with Crippen LogP contribution < -0.4 is 5.32 Å². The van der Waals surface area contributed by atoms with Gasteiger partial charge in [0, 0.05) is 0 Å². The van der Waals surface area contributed by atoms with Crippen molar-refractivity contribution in [2.75, 3.05) is 6.61 Å². The first kappa shape index (κ1) is 51.5. The Labute approximate surface area is 330 Å². The minimum atomic E-state index is -5.13. The summed E-state index contributed by atoms with van der Waals surface area (Å²) in [6, 6.07) is -1.24. The largest absolute Gasteiger partial charge is 0.472 e. The average molecular weight is 806 g/mol. The molecule has 0 aromatic rings. The second kappa shape index (κ2) is 31.5. The van der Waals surface area contributed by atoms with Gasteiger partial charge in [0.25, 0.3) is 0 Å².